The first kappa shape index (κ1) is 22.3. The fraction of sp³-hybridized carbons (Fsp3) is 0.391. The van der Waals surface area contributed by atoms with E-state index in [1.165, 1.54) is 6.92 Å². The molecule has 2 atom stereocenters. The van der Waals surface area contributed by atoms with Crippen molar-refractivity contribution in [2.75, 3.05) is 18.5 Å². The van der Waals surface area contributed by atoms with Crippen LogP contribution in [0.5, 0.6) is 0 Å². The lowest BCUT2D eigenvalue weighted by Crippen LogP contribution is -2.48. The number of aryl methyl sites for hydroxylation is 2. The Labute approximate surface area is 180 Å². The predicted molar refractivity (Wildman–Crippen MR) is 111 cm³/mol. The highest BCUT2D eigenvalue weighted by atomic mass is 16.5. The summed E-state index contributed by atoms with van der Waals surface area (Å²) < 4.78 is 16.3. The van der Waals surface area contributed by atoms with E-state index in [2.05, 4.69) is 5.32 Å². The largest absolute Gasteiger partial charge is 0.465 e. The maximum atomic E-state index is 13.0. The number of anilines is 1. The van der Waals surface area contributed by atoms with Crippen LogP contribution in [0.1, 0.15) is 31.9 Å². The van der Waals surface area contributed by atoms with Gasteiger partial charge in [0.15, 0.2) is 0 Å². The second kappa shape index (κ2) is 8.37. The molecule has 0 fully saturated rings. The molecule has 3 rings (SSSR count). The van der Waals surface area contributed by atoms with Gasteiger partial charge in [0.1, 0.15) is 22.7 Å². The molecule has 31 heavy (non-hydrogen) atoms. The van der Waals surface area contributed by atoms with Crippen molar-refractivity contribution < 1.29 is 33.4 Å². The molecule has 1 aromatic carbocycles. The van der Waals surface area contributed by atoms with Crippen LogP contribution >= 0.6 is 0 Å². The predicted octanol–water partition coefficient (Wildman–Crippen LogP) is 2.74. The second-order valence-corrected chi connectivity index (χ2v) is 7.55. The number of hydrogen-bond donors (Lipinski definition) is 1. The Hall–Kier alpha value is -3.42. The third-order valence-electron chi connectivity index (χ3n) is 5.53. The number of nitrogens with one attached hydrogen (secondary N) is 1. The molecule has 0 aromatic heterocycles. The number of esters is 2. The van der Waals surface area contributed by atoms with E-state index in [1.54, 1.807) is 13.8 Å². The molecule has 0 radical (unpaired) electrons. The van der Waals surface area contributed by atoms with Crippen LogP contribution in [0.25, 0.3) is 0 Å². The number of ether oxygens (including phenoxy) is 3. The lowest BCUT2D eigenvalue weighted by Gasteiger charge is -2.38. The Kier molecular flexibility index (Phi) is 6.01. The van der Waals surface area contributed by atoms with E-state index >= 15 is 0 Å². The van der Waals surface area contributed by atoms with Crippen LogP contribution in [0.3, 0.4) is 0 Å². The Balaban J connectivity index is 2.25. The van der Waals surface area contributed by atoms with Crippen molar-refractivity contribution in [3.05, 3.63) is 52.6 Å². The number of benzene rings is 1. The van der Waals surface area contributed by atoms with Gasteiger partial charge in [-0.3, -0.25) is 14.4 Å². The van der Waals surface area contributed by atoms with E-state index in [-0.39, 0.29) is 30.4 Å². The molecule has 0 spiro atoms. The lowest BCUT2D eigenvalue weighted by molar-refractivity contribution is -0.158. The number of carbonyl (C=O) groups is 4. The molecule has 2 aliphatic rings. The average molecular weight is 427 g/mol. The van der Waals surface area contributed by atoms with Crippen molar-refractivity contribution in [2.45, 2.75) is 34.6 Å². The molecule has 1 N–H and O–H groups in total. The fourth-order valence-corrected chi connectivity index (χ4v) is 3.91. The molecule has 0 saturated heterocycles. The Morgan fingerprint density at radius 1 is 1.10 bits per heavy atom. The molecule has 1 aromatic rings. The normalized spacial score (nSPS) is 22.5. The van der Waals surface area contributed by atoms with Crippen LogP contribution in [0.2, 0.25) is 0 Å². The monoisotopic (exact) mass is 427 g/mol. The molecule has 164 valence electrons. The van der Waals surface area contributed by atoms with E-state index in [9.17, 15) is 19.2 Å². The number of rotatable bonds is 6. The quantitative estimate of drug-likeness (QED) is 0.545. The SMILES string of the molecule is CCOC(=O)C1=C(Nc2c(C)cccc2C)OC2=CC(=O)C(=O)[C@@]2(C)[C@H]1C(=O)OCC. The smallest absolute Gasteiger partial charge is 0.340 e. The minimum Gasteiger partial charge on any atom is -0.465 e. The molecule has 1 heterocycles. The third kappa shape index (κ3) is 3.62. The van der Waals surface area contributed by atoms with Gasteiger partial charge >= 0.3 is 11.9 Å². The van der Waals surface area contributed by atoms with Crippen LogP contribution in [-0.2, 0) is 33.4 Å². The third-order valence-corrected chi connectivity index (χ3v) is 5.53. The van der Waals surface area contributed by atoms with Crippen molar-refractivity contribution in [2.24, 2.45) is 11.3 Å². The molecular formula is C23H25NO7. The van der Waals surface area contributed by atoms with Crippen molar-refractivity contribution in [3.8, 4) is 0 Å². The van der Waals surface area contributed by atoms with E-state index in [1.807, 2.05) is 32.0 Å². The number of allylic oxidation sites excluding steroid dienone is 2. The fourth-order valence-electron chi connectivity index (χ4n) is 3.91. The number of para-hydroxylation sites is 1. The summed E-state index contributed by atoms with van der Waals surface area (Å²) >= 11 is 0. The molecule has 1 aliphatic carbocycles. The summed E-state index contributed by atoms with van der Waals surface area (Å²) in [6.45, 7) is 8.46. The van der Waals surface area contributed by atoms with E-state index in [0.717, 1.165) is 17.2 Å². The van der Waals surface area contributed by atoms with Gasteiger partial charge in [-0.15, -0.1) is 0 Å². The molecule has 1 aliphatic heterocycles. The summed E-state index contributed by atoms with van der Waals surface area (Å²) in [5.41, 5.74) is 0.519. The summed E-state index contributed by atoms with van der Waals surface area (Å²) in [5, 5.41) is 3.08. The number of carbonyl (C=O) groups excluding carboxylic acids is 4. The number of Topliss-reactive ketones (excluding diaryl/α,β-unsaturated/α-hetero) is 1. The van der Waals surface area contributed by atoms with Gasteiger partial charge in [0, 0.05) is 11.8 Å². The average Bonchev–Trinajstić information content (AvgIpc) is 2.93. The van der Waals surface area contributed by atoms with Crippen LogP contribution < -0.4 is 5.32 Å². The minimum atomic E-state index is -1.70. The van der Waals surface area contributed by atoms with E-state index < -0.39 is 34.8 Å². The van der Waals surface area contributed by atoms with Crippen LogP contribution in [0.4, 0.5) is 5.69 Å². The summed E-state index contributed by atoms with van der Waals surface area (Å²) in [6.07, 6.45) is 1.06. The molecule has 8 heteroatoms. The zero-order valence-electron chi connectivity index (χ0n) is 18.2. The zero-order chi connectivity index (χ0) is 22.9. The Morgan fingerprint density at radius 3 is 2.29 bits per heavy atom. The first-order valence-corrected chi connectivity index (χ1v) is 10.1. The standard InChI is InChI=1S/C23H25NO7/c1-6-29-21(27)16-17(22(28)30-7-2)23(5)15(11-14(25)19(23)26)31-20(16)24-18-12(3)9-8-10-13(18)4/h8-11,17,24H,6-7H2,1-5H3/t17-,23-/m1/s1. The van der Waals surface area contributed by atoms with Gasteiger partial charge in [-0.2, -0.15) is 0 Å². The van der Waals surface area contributed by atoms with Gasteiger partial charge in [0.25, 0.3) is 0 Å². The first-order chi connectivity index (χ1) is 14.7. The molecule has 0 unspecified atom stereocenters. The Morgan fingerprint density at radius 2 is 1.71 bits per heavy atom. The highest BCUT2D eigenvalue weighted by molar-refractivity contribution is 6.47. The van der Waals surface area contributed by atoms with Gasteiger partial charge in [-0.05, 0) is 45.7 Å². The Bertz CT molecular complexity index is 1020. The van der Waals surface area contributed by atoms with Gasteiger partial charge in [-0.1, -0.05) is 18.2 Å². The first-order valence-electron chi connectivity index (χ1n) is 10.1. The van der Waals surface area contributed by atoms with Gasteiger partial charge < -0.3 is 19.5 Å². The maximum absolute atomic E-state index is 13.0. The maximum Gasteiger partial charge on any atom is 0.340 e. The highest BCUT2D eigenvalue weighted by Gasteiger charge is 2.62. The van der Waals surface area contributed by atoms with Gasteiger partial charge in [0.2, 0.25) is 17.4 Å². The van der Waals surface area contributed by atoms with Crippen LogP contribution in [0.15, 0.2) is 41.5 Å². The number of hydrogen-bond acceptors (Lipinski definition) is 8. The van der Waals surface area contributed by atoms with Crippen LogP contribution in [-0.4, -0.2) is 36.7 Å². The van der Waals surface area contributed by atoms with Crippen molar-refractivity contribution in [1.29, 1.82) is 0 Å². The van der Waals surface area contributed by atoms with Gasteiger partial charge in [0.05, 0.1) is 13.2 Å². The molecule has 0 bridgehead atoms. The summed E-state index contributed by atoms with van der Waals surface area (Å²) in [7, 11) is 0. The zero-order valence-corrected chi connectivity index (χ0v) is 18.2. The van der Waals surface area contributed by atoms with Crippen LogP contribution in [0, 0.1) is 25.2 Å². The van der Waals surface area contributed by atoms with Crippen molar-refractivity contribution >= 4 is 29.2 Å². The van der Waals surface area contributed by atoms with E-state index in [4.69, 9.17) is 14.2 Å². The summed E-state index contributed by atoms with van der Waals surface area (Å²) in [5.74, 6) is -4.77. The topological polar surface area (TPSA) is 108 Å². The van der Waals surface area contributed by atoms with Crippen molar-refractivity contribution in [1.82, 2.24) is 0 Å². The van der Waals surface area contributed by atoms with E-state index in [0.29, 0.717) is 5.69 Å². The summed E-state index contributed by atoms with van der Waals surface area (Å²) in [6, 6.07) is 5.63. The molecule has 8 nitrogen and oxygen atoms in total. The summed E-state index contributed by atoms with van der Waals surface area (Å²) in [4.78, 5) is 51.0. The molecule has 0 amide bonds. The lowest BCUT2D eigenvalue weighted by atomic mass is 9.69. The number of ketones is 2. The molecular weight excluding hydrogens is 402 g/mol. The van der Waals surface area contributed by atoms with Crippen molar-refractivity contribution in [3.63, 3.8) is 0 Å². The molecule has 0 saturated carbocycles. The van der Waals surface area contributed by atoms with Gasteiger partial charge in [-0.25, -0.2) is 4.79 Å². The number of fused-ring (bicyclic) bond motifs is 1. The second-order valence-electron chi connectivity index (χ2n) is 7.55. The minimum absolute atomic E-state index is 0.0117. The highest BCUT2D eigenvalue weighted by Crippen LogP contribution is 2.51.